The molecular weight excluding hydrogens is 454 g/mol. The number of hydrogen-bond acceptors (Lipinski definition) is 5. The normalized spacial score (nSPS) is 23.4. The predicted molar refractivity (Wildman–Crippen MR) is 163 cm³/mol. The van der Waals surface area contributed by atoms with Crippen molar-refractivity contribution in [1.82, 2.24) is 15.1 Å². The van der Waals surface area contributed by atoms with Crippen LogP contribution in [0.5, 0.6) is 0 Å². The molecule has 0 aromatic carbocycles. The van der Waals surface area contributed by atoms with Crippen LogP contribution in [-0.2, 0) is 0 Å². The number of aliphatic imine (C=N–C) groups is 2. The SMILES string of the molecule is C=C/C(C)=C/C(=NC)C1=CC(=C)N2C=C(N3CC(C)NC(C)C3)C=CC2=N1.CCC/C=C(/C)C(C)CC. The van der Waals surface area contributed by atoms with Crippen LogP contribution in [0.2, 0.25) is 0 Å². The molecule has 0 bridgehead atoms. The quantitative estimate of drug-likeness (QED) is 0.217. The molecule has 0 aliphatic carbocycles. The Bertz CT molecular complexity index is 1020. The molecule has 0 aromatic heterocycles. The summed E-state index contributed by atoms with van der Waals surface area (Å²) in [5.41, 5.74) is 6.34. The first kappa shape index (κ1) is 30.3. The maximum Gasteiger partial charge on any atom is 0.137 e. The van der Waals surface area contributed by atoms with Gasteiger partial charge in [0.05, 0.1) is 17.1 Å². The second kappa shape index (κ2) is 14.7. The molecule has 0 radical (unpaired) electrons. The van der Waals surface area contributed by atoms with E-state index in [1.54, 1.807) is 12.6 Å². The van der Waals surface area contributed by atoms with Crippen molar-refractivity contribution >= 4 is 11.5 Å². The topological polar surface area (TPSA) is 43.2 Å². The largest absolute Gasteiger partial charge is 0.367 e. The van der Waals surface area contributed by atoms with Gasteiger partial charge in [-0.25, -0.2) is 4.99 Å². The maximum atomic E-state index is 4.79. The van der Waals surface area contributed by atoms with Gasteiger partial charge in [0.1, 0.15) is 5.84 Å². The number of nitrogens with one attached hydrogen (secondary N) is 1. The van der Waals surface area contributed by atoms with Crippen molar-refractivity contribution in [3.63, 3.8) is 0 Å². The molecule has 202 valence electrons. The third kappa shape index (κ3) is 8.85. The van der Waals surface area contributed by atoms with Gasteiger partial charge in [0.25, 0.3) is 0 Å². The molecule has 0 saturated carbocycles. The Labute approximate surface area is 226 Å². The van der Waals surface area contributed by atoms with E-state index in [0.717, 1.165) is 47.5 Å². The van der Waals surface area contributed by atoms with Gasteiger partial charge in [-0.15, -0.1) is 0 Å². The first-order valence-corrected chi connectivity index (χ1v) is 13.8. The summed E-state index contributed by atoms with van der Waals surface area (Å²) in [6, 6.07) is 0.940. The molecule has 3 unspecified atom stereocenters. The average molecular weight is 504 g/mol. The molecule has 1 saturated heterocycles. The molecule has 3 aliphatic rings. The van der Waals surface area contributed by atoms with E-state index in [2.05, 4.69) is 94.3 Å². The van der Waals surface area contributed by atoms with Crippen molar-refractivity contribution in [2.75, 3.05) is 20.1 Å². The lowest BCUT2D eigenvalue weighted by Crippen LogP contribution is -2.53. The molecule has 1 fully saturated rings. The number of hydrogen-bond donors (Lipinski definition) is 1. The molecule has 0 amide bonds. The van der Waals surface area contributed by atoms with E-state index in [1.165, 1.54) is 25.0 Å². The van der Waals surface area contributed by atoms with Gasteiger partial charge in [-0.2, -0.15) is 0 Å². The highest BCUT2D eigenvalue weighted by molar-refractivity contribution is 6.12. The first-order chi connectivity index (χ1) is 17.6. The summed E-state index contributed by atoms with van der Waals surface area (Å²) in [6.07, 6.45) is 18.3. The molecule has 0 aromatic rings. The number of rotatable bonds is 8. The van der Waals surface area contributed by atoms with Crippen LogP contribution in [0.1, 0.15) is 67.7 Å². The molecule has 37 heavy (non-hydrogen) atoms. The zero-order valence-electron chi connectivity index (χ0n) is 24.5. The van der Waals surface area contributed by atoms with Gasteiger partial charge in [-0.1, -0.05) is 58.1 Å². The molecular formula is C32H49N5. The van der Waals surface area contributed by atoms with Crippen LogP contribution in [0.15, 0.2) is 94.0 Å². The van der Waals surface area contributed by atoms with E-state index < -0.39 is 0 Å². The van der Waals surface area contributed by atoms with Crippen molar-refractivity contribution in [2.24, 2.45) is 15.9 Å². The summed E-state index contributed by atoms with van der Waals surface area (Å²) in [5.74, 6) is 1.65. The molecule has 3 rings (SSSR count). The van der Waals surface area contributed by atoms with E-state index in [-0.39, 0.29) is 0 Å². The highest BCUT2D eigenvalue weighted by Gasteiger charge is 2.26. The highest BCUT2D eigenvalue weighted by Crippen LogP contribution is 2.26. The van der Waals surface area contributed by atoms with Gasteiger partial charge in [-0.3, -0.25) is 4.99 Å². The van der Waals surface area contributed by atoms with Gasteiger partial charge in [0.15, 0.2) is 0 Å². The first-order valence-electron chi connectivity index (χ1n) is 13.8. The summed E-state index contributed by atoms with van der Waals surface area (Å²) in [6.45, 7) is 25.5. The second-order valence-electron chi connectivity index (χ2n) is 10.4. The van der Waals surface area contributed by atoms with E-state index in [4.69, 9.17) is 4.99 Å². The van der Waals surface area contributed by atoms with E-state index >= 15 is 0 Å². The van der Waals surface area contributed by atoms with Gasteiger partial charge in [0.2, 0.25) is 0 Å². The van der Waals surface area contributed by atoms with Gasteiger partial charge < -0.3 is 15.1 Å². The zero-order chi connectivity index (χ0) is 27.5. The minimum atomic E-state index is 0.470. The fourth-order valence-corrected chi connectivity index (χ4v) is 4.46. The summed E-state index contributed by atoms with van der Waals surface area (Å²) in [5, 5.41) is 3.58. The monoisotopic (exact) mass is 503 g/mol. The van der Waals surface area contributed by atoms with Gasteiger partial charge in [0, 0.05) is 44.1 Å². The third-order valence-corrected chi connectivity index (χ3v) is 7.02. The summed E-state index contributed by atoms with van der Waals surface area (Å²) in [7, 11) is 1.78. The number of allylic oxidation sites excluding steroid dienone is 7. The van der Waals surface area contributed by atoms with E-state index in [9.17, 15) is 0 Å². The fraction of sp³-hybridized carbons (Fsp3) is 0.500. The molecule has 3 aliphatic heterocycles. The molecule has 5 nitrogen and oxygen atoms in total. The Kier molecular flexibility index (Phi) is 12.1. The molecule has 5 heteroatoms. The van der Waals surface area contributed by atoms with Crippen molar-refractivity contribution in [1.29, 1.82) is 0 Å². The lowest BCUT2D eigenvalue weighted by Gasteiger charge is -2.40. The molecule has 3 heterocycles. The Morgan fingerprint density at radius 1 is 1.22 bits per heavy atom. The molecule has 1 N–H and O–H groups in total. The summed E-state index contributed by atoms with van der Waals surface area (Å²) in [4.78, 5) is 13.6. The van der Waals surface area contributed by atoms with Crippen LogP contribution in [-0.4, -0.2) is 53.6 Å². The van der Waals surface area contributed by atoms with Crippen molar-refractivity contribution < 1.29 is 0 Å². The predicted octanol–water partition coefficient (Wildman–Crippen LogP) is 7.17. The Morgan fingerprint density at radius 2 is 1.89 bits per heavy atom. The van der Waals surface area contributed by atoms with Crippen LogP contribution in [0.25, 0.3) is 0 Å². The smallest absolute Gasteiger partial charge is 0.137 e. The number of nitrogens with zero attached hydrogens (tertiary/aromatic N) is 4. The van der Waals surface area contributed by atoms with Crippen LogP contribution in [0, 0.1) is 5.92 Å². The highest BCUT2D eigenvalue weighted by atomic mass is 15.3. The minimum absolute atomic E-state index is 0.470. The van der Waals surface area contributed by atoms with Gasteiger partial charge in [-0.05, 0) is 76.3 Å². The third-order valence-electron chi connectivity index (χ3n) is 7.02. The number of fused-ring (bicyclic) bond motifs is 1. The minimum Gasteiger partial charge on any atom is -0.367 e. The van der Waals surface area contributed by atoms with Gasteiger partial charge >= 0.3 is 0 Å². The number of piperazine rings is 1. The fourth-order valence-electron chi connectivity index (χ4n) is 4.46. The van der Waals surface area contributed by atoms with Crippen LogP contribution < -0.4 is 5.32 Å². The van der Waals surface area contributed by atoms with Crippen LogP contribution >= 0.6 is 0 Å². The maximum absolute atomic E-state index is 4.79. The lowest BCUT2D eigenvalue weighted by atomic mass is 9.99. The number of amidine groups is 1. The molecule has 3 atom stereocenters. The van der Waals surface area contributed by atoms with E-state index in [1.807, 2.05) is 30.1 Å². The van der Waals surface area contributed by atoms with Crippen molar-refractivity contribution in [3.8, 4) is 0 Å². The Balaban J connectivity index is 0.000000410. The summed E-state index contributed by atoms with van der Waals surface area (Å²) >= 11 is 0. The molecule has 0 spiro atoms. The lowest BCUT2D eigenvalue weighted by molar-refractivity contribution is 0.218. The zero-order valence-corrected chi connectivity index (χ0v) is 24.5. The second-order valence-corrected chi connectivity index (χ2v) is 10.4. The van der Waals surface area contributed by atoms with Crippen LogP contribution in [0.3, 0.4) is 0 Å². The average Bonchev–Trinajstić information content (AvgIpc) is 2.89. The Morgan fingerprint density at radius 3 is 2.46 bits per heavy atom. The Hall–Kier alpha value is -2.92. The van der Waals surface area contributed by atoms with Crippen molar-refractivity contribution in [3.05, 3.63) is 84.1 Å². The van der Waals surface area contributed by atoms with Crippen LogP contribution in [0.4, 0.5) is 0 Å². The summed E-state index contributed by atoms with van der Waals surface area (Å²) < 4.78 is 0. The number of unbranched alkanes of at least 4 members (excludes halogenated alkanes) is 1. The standard InChI is InChI=1S/C22H29N5.C10H20/c1-7-15(2)10-20(23-6)21-11-18(5)27-14-19(8-9-22(27)25-21)26-12-16(3)24-17(4)13-26;1-5-7-8-10(4)9(3)6-2/h7-11,14,16-17,24H,1,5,12-13H2,2-4,6H3;8-9H,5-7H2,1-4H3/b15-10+,23-20?;10-8-. The van der Waals surface area contributed by atoms with Crippen molar-refractivity contribution in [2.45, 2.75) is 79.8 Å². The van der Waals surface area contributed by atoms with E-state index in [0.29, 0.717) is 12.1 Å².